The number of amides is 1. The highest BCUT2D eigenvalue weighted by Gasteiger charge is 2.12. The number of hydrogen-bond acceptors (Lipinski definition) is 2. The molecule has 0 saturated carbocycles. The Morgan fingerprint density at radius 2 is 1.58 bits per heavy atom. The van der Waals surface area contributed by atoms with Gasteiger partial charge in [-0.1, -0.05) is 36.4 Å². The SMILES string of the molecule is COC(=O)N(C#Cc1ccccc1)c1ccccc1. The third-order valence-electron chi connectivity index (χ3n) is 2.46. The van der Waals surface area contributed by atoms with Crippen molar-refractivity contribution in [1.82, 2.24) is 0 Å². The third kappa shape index (κ3) is 3.36. The van der Waals surface area contributed by atoms with Crippen LogP contribution in [0.5, 0.6) is 0 Å². The van der Waals surface area contributed by atoms with Gasteiger partial charge < -0.3 is 4.74 Å². The Balaban J connectivity index is 2.31. The summed E-state index contributed by atoms with van der Waals surface area (Å²) in [5, 5.41) is 0. The van der Waals surface area contributed by atoms with E-state index >= 15 is 0 Å². The van der Waals surface area contributed by atoms with Crippen LogP contribution in [-0.4, -0.2) is 13.2 Å². The molecule has 0 aromatic heterocycles. The maximum atomic E-state index is 11.7. The van der Waals surface area contributed by atoms with Crippen LogP contribution in [0, 0.1) is 12.0 Å². The molecule has 3 heteroatoms. The summed E-state index contributed by atoms with van der Waals surface area (Å²) in [5.41, 5.74) is 1.52. The zero-order valence-electron chi connectivity index (χ0n) is 10.5. The van der Waals surface area contributed by atoms with Gasteiger partial charge in [-0.25, -0.2) is 9.69 Å². The van der Waals surface area contributed by atoms with E-state index in [1.807, 2.05) is 48.5 Å². The summed E-state index contributed by atoms with van der Waals surface area (Å²) in [6, 6.07) is 21.5. The predicted molar refractivity (Wildman–Crippen MR) is 74.6 cm³/mol. The number of hydrogen-bond donors (Lipinski definition) is 0. The van der Waals surface area contributed by atoms with Crippen LogP contribution in [0.25, 0.3) is 0 Å². The molecule has 0 radical (unpaired) electrons. The van der Waals surface area contributed by atoms with Gasteiger partial charge in [0.15, 0.2) is 0 Å². The number of anilines is 1. The second-order valence-corrected chi connectivity index (χ2v) is 3.74. The van der Waals surface area contributed by atoms with Crippen LogP contribution in [0.1, 0.15) is 5.56 Å². The average molecular weight is 251 g/mol. The predicted octanol–water partition coefficient (Wildman–Crippen LogP) is 3.27. The van der Waals surface area contributed by atoms with E-state index in [9.17, 15) is 4.79 Å². The second-order valence-electron chi connectivity index (χ2n) is 3.74. The van der Waals surface area contributed by atoms with E-state index < -0.39 is 6.09 Å². The highest BCUT2D eigenvalue weighted by atomic mass is 16.5. The number of carbonyl (C=O) groups is 1. The van der Waals surface area contributed by atoms with Crippen LogP contribution in [-0.2, 0) is 4.74 Å². The summed E-state index contributed by atoms with van der Waals surface area (Å²) in [4.78, 5) is 13.0. The largest absolute Gasteiger partial charge is 0.452 e. The molecular weight excluding hydrogens is 238 g/mol. The van der Waals surface area contributed by atoms with Gasteiger partial charge in [-0.15, -0.1) is 0 Å². The van der Waals surface area contributed by atoms with Crippen molar-refractivity contribution in [3.63, 3.8) is 0 Å². The standard InChI is InChI=1S/C16H13NO2/c1-19-16(18)17(15-10-6-3-7-11-15)13-12-14-8-4-2-5-9-14/h2-11H,1H3. The van der Waals surface area contributed by atoms with E-state index in [-0.39, 0.29) is 0 Å². The van der Waals surface area contributed by atoms with Crippen molar-refractivity contribution < 1.29 is 9.53 Å². The number of benzene rings is 2. The zero-order valence-corrected chi connectivity index (χ0v) is 10.5. The molecule has 2 aromatic rings. The minimum Gasteiger partial charge on any atom is -0.452 e. The lowest BCUT2D eigenvalue weighted by molar-refractivity contribution is 0.182. The Labute approximate surface area is 112 Å². The number of para-hydroxylation sites is 1. The first-order valence-corrected chi connectivity index (χ1v) is 5.81. The molecule has 1 amide bonds. The molecule has 0 heterocycles. The monoisotopic (exact) mass is 251 g/mol. The topological polar surface area (TPSA) is 29.5 Å². The van der Waals surface area contributed by atoms with Gasteiger partial charge in [-0.05, 0) is 30.2 Å². The fourth-order valence-electron chi connectivity index (χ4n) is 1.53. The summed E-state index contributed by atoms with van der Waals surface area (Å²) in [6.07, 6.45) is -0.505. The zero-order chi connectivity index (χ0) is 13.5. The Morgan fingerprint density at radius 1 is 1.00 bits per heavy atom. The molecule has 0 bridgehead atoms. The number of methoxy groups -OCH3 is 1. The molecule has 94 valence electrons. The van der Waals surface area contributed by atoms with E-state index in [1.54, 1.807) is 12.1 Å². The average Bonchev–Trinajstić information content (AvgIpc) is 2.49. The molecule has 0 saturated heterocycles. The Bertz CT molecular complexity index is 597. The van der Waals surface area contributed by atoms with Crippen LogP contribution in [0.15, 0.2) is 60.7 Å². The van der Waals surface area contributed by atoms with Gasteiger partial charge in [0.25, 0.3) is 0 Å². The number of nitrogens with zero attached hydrogens (tertiary/aromatic N) is 1. The molecule has 0 aliphatic rings. The van der Waals surface area contributed by atoms with Crippen LogP contribution < -0.4 is 4.90 Å². The van der Waals surface area contributed by atoms with Crippen molar-refractivity contribution in [2.24, 2.45) is 0 Å². The van der Waals surface area contributed by atoms with Crippen LogP contribution in [0.4, 0.5) is 10.5 Å². The molecule has 0 N–H and O–H groups in total. The van der Waals surface area contributed by atoms with Gasteiger partial charge in [0.1, 0.15) is 0 Å². The molecule has 0 aliphatic heterocycles. The first kappa shape index (κ1) is 12.7. The molecule has 2 rings (SSSR count). The van der Waals surface area contributed by atoms with Crippen molar-refractivity contribution in [3.8, 4) is 12.0 Å². The van der Waals surface area contributed by atoms with E-state index in [0.29, 0.717) is 5.69 Å². The van der Waals surface area contributed by atoms with Gasteiger partial charge in [-0.3, -0.25) is 0 Å². The minimum absolute atomic E-state index is 0.505. The summed E-state index contributed by atoms with van der Waals surface area (Å²) < 4.78 is 4.74. The van der Waals surface area contributed by atoms with Crippen molar-refractivity contribution >= 4 is 11.8 Å². The molecule has 3 nitrogen and oxygen atoms in total. The Kier molecular flexibility index (Phi) is 4.20. The third-order valence-corrected chi connectivity index (χ3v) is 2.46. The highest BCUT2D eigenvalue weighted by Crippen LogP contribution is 2.13. The number of rotatable bonds is 1. The molecule has 0 atom stereocenters. The summed E-state index contributed by atoms with van der Waals surface area (Å²) >= 11 is 0. The van der Waals surface area contributed by atoms with Crippen molar-refractivity contribution in [2.75, 3.05) is 12.0 Å². The molecule has 0 aliphatic carbocycles. The van der Waals surface area contributed by atoms with Crippen LogP contribution in [0.3, 0.4) is 0 Å². The second kappa shape index (κ2) is 6.27. The summed E-state index contributed by atoms with van der Waals surface area (Å²) in [7, 11) is 1.34. The van der Waals surface area contributed by atoms with Crippen molar-refractivity contribution in [1.29, 1.82) is 0 Å². The fraction of sp³-hybridized carbons (Fsp3) is 0.0625. The van der Waals surface area contributed by atoms with E-state index in [0.717, 1.165) is 5.56 Å². The lowest BCUT2D eigenvalue weighted by Crippen LogP contribution is -2.25. The van der Waals surface area contributed by atoms with Gasteiger partial charge in [0.2, 0.25) is 0 Å². The summed E-state index contributed by atoms with van der Waals surface area (Å²) in [5.74, 6) is 2.93. The lowest BCUT2D eigenvalue weighted by Gasteiger charge is -2.13. The van der Waals surface area contributed by atoms with E-state index in [4.69, 9.17) is 4.74 Å². The number of ether oxygens (including phenoxy) is 1. The number of carbonyl (C=O) groups excluding carboxylic acids is 1. The molecule has 0 unspecified atom stereocenters. The first-order valence-electron chi connectivity index (χ1n) is 5.81. The van der Waals surface area contributed by atoms with E-state index in [1.165, 1.54) is 12.0 Å². The minimum atomic E-state index is -0.505. The quantitative estimate of drug-likeness (QED) is 0.575. The van der Waals surface area contributed by atoms with Gasteiger partial charge >= 0.3 is 6.09 Å². The summed E-state index contributed by atoms with van der Waals surface area (Å²) in [6.45, 7) is 0. The smallest absolute Gasteiger partial charge is 0.426 e. The van der Waals surface area contributed by atoms with Gasteiger partial charge in [0, 0.05) is 11.6 Å². The van der Waals surface area contributed by atoms with Gasteiger partial charge in [-0.2, -0.15) is 0 Å². The molecular formula is C16H13NO2. The van der Waals surface area contributed by atoms with E-state index in [2.05, 4.69) is 12.0 Å². The van der Waals surface area contributed by atoms with Crippen molar-refractivity contribution in [3.05, 3.63) is 66.2 Å². The maximum Gasteiger partial charge on any atom is 0.426 e. The van der Waals surface area contributed by atoms with Crippen molar-refractivity contribution in [2.45, 2.75) is 0 Å². The molecule has 0 fully saturated rings. The molecule has 2 aromatic carbocycles. The van der Waals surface area contributed by atoms with Gasteiger partial charge in [0.05, 0.1) is 12.8 Å². The normalized spacial score (nSPS) is 9.11. The first-order chi connectivity index (χ1) is 9.31. The highest BCUT2D eigenvalue weighted by molar-refractivity contribution is 5.91. The molecule has 0 spiro atoms. The molecule has 19 heavy (non-hydrogen) atoms. The van der Waals surface area contributed by atoms with Crippen LogP contribution in [0.2, 0.25) is 0 Å². The van der Waals surface area contributed by atoms with Crippen LogP contribution >= 0.6 is 0 Å². The Hall–Kier alpha value is -2.73. The maximum absolute atomic E-state index is 11.7. The lowest BCUT2D eigenvalue weighted by atomic mass is 10.2. The Morgan fingerprint density at radius 3 is 2.16 bits per heavy atom. The fourth-order valence-corrected chi connectivity index (χ4v) is 1.53.